The molecule has 0 aliphatic heterocycles. The van der Waals surface area contributed by atoms with E-state index in [9.17, 15) is 0 Å². The van der Waals surface area contributed by atoms with Crippen LogP contribution in [0.15, 0.2) is 0 Å². The summed E-state index contributed by atoms with van der Waals surface area (Å²) in [7, 11) is 2.32. The third-order valence-electron chi connectivity index (χ3n) is 4.16. The van der Waals surface area contributed by atoms with Gasteiger partial charge in [-0.15, -0.1) is 0 Å². The molecule has 2 saturated carbocycles. The molecule has 0 spiro atoms. The molecule has 2 aliphatic rings. The highest BCUT2D eigenvalue weighted by Crippen LogP contribution is 2.28. The second-order valence-corrected chi connectivity index (χ2v) is 5.18. The molecule has 14 heavy (non-hydrogen) atoms. The monoisotopic (exact) mass is 196 g/mol. The predicted octanol–water partition coefficient (Wildman–Crippen LogP) is 2.13. The molecular formula is C12H24N2. The molecule has 0 heterocycles. The van der Waals surface area contributed by atoms with Gasteiger partial charge in [0.1, 0.15) is 0 Å². The molecule has 2 N–H and O–H groups in total. The molecule has 2 heteroatoms. The van der Waals surface area contributed by atoms with Crippen molar-refractivity contribution in [2.75, 3.05) is 7.05 Å². The quantitative estimate of drug-likeness (QED) is 0.733. The minimum atomic E-state index is 0.470. The summed E-state index contributed by atoms with van der Waals surface area (Å²) in [6, 6.07) is 2.12. The van der Waals surface area contributed by atoms with Crippen LogP contribution < -0.4 is 5.73 Å². The minimum absolute atomic E-state index is 0.470. The second-order valence-electron chi connectivity index (χ2n) is 5.18. The maximum absolute atomic E-state index is 6.03. The molecule has 0 aromatic heterocycles. The Balaban J connectivity index is 1.86. The van der Waals surface area contributed by atoms with Crippen LogP contribution in [0, 0.1) is 0 Å². The van der Waals surface area contributed by atoms with Gasteiger partial charge in [0.15, 0.2) is 0 Å². The van der Waals surface area contributed by atoms with Crippen molar-refractivity contribution >= 4 is 0 Å². The first-order chi connectivity index (χ1) is 6.77. The van der Waals surface area contributed by atoms with Crippen molar-refractivity contribution in [2.45, 2.75) is 69.5 Å². The molecule has 2 nitrogen and oxygen atoms in total. The Kier molecular flexibility index (Phi) is 3.45. The van der Waals surface area contributed by atoms with Crippen molar-refractivity contribution in [3.8, 4) is 0 Å². The number of nitrogens with two attached hydrogens (primary N) is 1. The van der Waals surface area contributed by atoms with Crippen molar-refractivity contribution < 1.29 is 0 Å². The number of rotatable bonds is 2. The molecule has 2 unspecified atom stereocenters. The maximum Gasteiger partial charge on any atom is 0.0110 e. The first-order valence-corrected chi connectivity index (χ1v) is 6.25. The lowest BCUT2D eigenvalue weighted by molar-refractivity contribution is 0.132. The molecule has 2 aliphatic carbocycles. The first-order valence-electron chi connectivity index (χ1n) is 6.25. The molecule has 2 rings (SSSR count). The third-order valence-corrected chi connectivity index (χ3v) is 4.16. The SMILES string of the molecule is CN(C1CCCC1)C1CCCC(N)C1. The fourth-order valence-corrected chi connectivity index (χ4v) is 3.18. The van der Waals surface area contributed by atoms with Crippen LogP contribution in [0.25, 0.3) is 0 Å². The third kappa shape index (κ3) is 2.29. The Bertz CT molecular complexity index is 175. The van der Waals surface area contributed by atoms with Gasteiger partial charge in [0, 0.05) is 18.1 Å². The van der Waals surface area contributed by atoms with Crippen LogP contribution in [0.3, 0.4) is 0 Å². The Morgan fingerprint density at radius 2 is 1.57 bits per heavy atom. The number of nitrogens with zero attached hydrogens (tertiary/aromatic N) is 1. The van der Waals surface area contributed by atoms with Gasteiger partial charge >= 0.3 is 0 Å². The van der Waals surface area contributed by atoms with E-state index in [4.69, 9.17) is 5.73 Å². The molecule has 0 aromatic rings. The van der Waals surface area contributed by atoms with Crippen LogP contribution in [-0.2, 0) is 0 Å². The van der Waals surface area contributed by atoms with Crippen LogP contribution >= 0.6 is 0 Å². The van der Waals surface area contributed by atoms with Crippen LogP contribution in [0.5, 0.6) is 0 Å². The summed E-state index contributed by atoms with van der Waals surface area (Å²) in [5.41, 5.74) is 6.03. The van der Waals surface area contributed by atoms with Crippen molar-refractivity contribution in [1.82, 2.24) is 4.90 Å². The minimum Gasteiger partial charge on any atom is -0.328 e. The van der Waals surface area contributed by atoms with Gasteiger partial charge in [-0.25, -0.2) is 0 Å². The van der Waals surface area contributed by atoms with E-state index in [1.165, 1.54) is 51.4 Å². The smallest absolute Gasteiger partial charge is 0.0110 e. The van der Waals surface area contributed by atoms with E-state index in [1.807, 2.05) is 0 Å². The van der Waals surface area contributed by atoms with Gasteiger partial charge in [0.25, 0.3) is 0 Å². The molecule has 0 aromatic carbocycles. The van der Waals surface area contributed by atoms with Crippen LogP contribution in [0.4, 0.5) is 0 Å². The van der Waals surface area contributed by atoms with Gasteiger partial charge < -0.3 is 10.6 Å². The van der Waals surface area contributed by atoms with E-state index in [1.54, 1.807) is 0 Å². The zero-order valence-corrected chi connectivity index (χ0v) is 9.41. The molecule has 2 fully saturated rings. The predicted molar refractivity (Wildman–Crippen MR) is 60.3 cm³/mol. The second kappa shape index (κ2) is 4.63. The summed E-state index contributed by atoms with van der Waals surface area (Å²) < 4.78 is 0. The molecule has 0 bridgehead atoms. The van der Waals surface area contributed by atoms with Crippen molar-refractivity contribution in [1.29, 1.82) is 0 Å². The summed E-state index contributed by atoms with van der Waals surface area (Å²) >= 11 is 0. The van der Waals surface area contributed by atoms with Crippen LogP contribution in [0.2, 0.25) is 0 Å². The highest BCUT2D eigenvalue weighted by Gasteiger charge is 2.28. The van der Waals surface area contributed by atoms with Gasteiger partial charge in [-0.3, -0.25) is 0 Å². The Labute approximate surface area is 87.8 Å². The average molecular weight is 196 g/mol. The van der Waals surface area contributed by atoms with Crippen LogP contribution in [-0.4, -0.2) is 30.1 Å². The number of hydrogen-bond donors (Lipinski definition) is 1. The highest BCUT2D eigenvalue weighted by atomic mass is 15.2. The van der Waals surface area contributed by atoms with E-state index in [-0.39, 0.29) is 0 Å². The van der Waals surface area contributed by atoms with E-state index in [0.29, 0.717) is 6.04 Å². The lowest BCUT2D eigenvalue weighted by Gasteiger charge is -2.37. The first kappa shape index (κ1) is 10.4. The van der Waals surface area contributed by atoms with Crippen molar-refractivity contribution in [2.24, 2.45) is 5.73 Å². The zero-order chi connectivity index (χ0) is 9.97. The van der Waals surface area contributed by atoms with E-state index in [0.717, 1.165) is 12.1 Å². The fourth-order valence-electron chi connectivity index (χ4n) is 3.18. The molecular weight excluding hydrogens is 172 g/mol. The summed E-state index contributed by atoms with van der Waals surface area (Å²) in [4.78, 5) is 2.63. The summed E-state index contributed by atoms with van der Waals surface area (Å²) in [6.07, 6.45) is 10.9. The summed E-state index contributed by atoms with van der Waals surface area (Å²) in [5.74, 6) is 0. The van der Waals surface area contributed by atoms with Gasteiger partial charge in [-0.05, 0) is 39.2 Å². The molecule has 2 atom stereocenters. The van der Waals surface area contributed by atoms with E-state index < -0.39 is 0 Å². The molecule has 0 saturated heterocycles. The lowest BCUT2D eigenvalue weighted by Crippen LogP contribution is -2.44. The highest BCUT2D eigenvalue weighted by molar-refractivity contribution is 4.85. The van der Waals surface area contributed by atoms with Gasteiger partial charge in [-0.1, -0.05) is 19.3 Å². The average Bonchev–Trinajstić information content (AvgIpc) is 2.69. The molecule has 82 valence electrons. The van der Waals surface area contributed by atoms with E-state index >= 15 is 0 Å². The Hall–Kier alpha value is -0.0800. The Morgan fingerprint density at radius 1 is 0.929 bits per heavy atom. The number of hydrogen-bond acceptors (Lipinski definition) is 2. The van der Waals surface area contributed by atoms with Crippen molar-refractivity contribution in [3.05, 3.63) is 0 Å². The zero-order valence-electron chi connectivity index (χ0n) is 9.41. The topological polar surface area (TPSA) is 29.3 Å². The van der Waals surface area contributed by atoms with Gasteiger partial charge in [0.2, 0.25) is 0 Å². The fraction of sp³-hybridized carbons (Fsp3) is 1.00. The maximum atomic E-state index is 6.03. The van der Waals surface area contributed by atoms with E-state index in [2.05, 4.69) is 11.9 Å². The van der Waals surface area contributed by atoms with Crippen molar-refractivity contribution in [3.63, 3.8) is 0 Å². The summed E-state index contributed by atoms with van der Waals surface area (Å²) in [6.45, 7) is 0. The van der Waals surface area contributed by atoms with Gasteiger partial charge in [0.05, 0.1) is 0 Å². The normalized spacial score (nSPS) is 35.4. The van der Waals surface area contributed by atoms with Gasteiger partial charge in [-0.2, -0.15) is 0 Å². The largest absolute Gasteiger partial charge is 0.328 e. The summed E-state index contributed by atoms with van der Waals surface area (Å²) in [5, 5.41) is 0. The Morgan fingerprint density at radius 3 is 2.21 bits per heavy atom. The standard InChI is InChI=1S/C12H24N2/c1-14(11-6-2-3-7-11)12-8-4-5-10(13)9-12/h10-12H,2-9,13H2,1H3. The lowest BCUT2D eigenvalue weighted by atomic mass is 9.90. The molecule has 0 amide bonds. The van der Waals surface area contributed by atoms with Crippen LogP contribution in [0.1, 0.15) is 51.4 Å². The molecule has 0 radical (unpaired) electrons.